The first-order valence-corrected chi connectivity index (χ1v) is 8.31. The quantitative estimate of drug-likeness (QED) is 0.766. The standard InChI is InChI=1S/C17H25N5O4/c1-17(2,3)26-16(24)18-14(15-19-21-22(20-15)9-10-23)11-12-5-7-13(25-4)8-6-12/h5-8,14,23H,9-11H2,1-4H3,(H,18,24)/t14-/m0/s1. The lowest BCUT2D eigenvalue weighted by atomic mass is 10.1. The van der Waals surface area contributed by atoms with E-state index in [-0.39, 0.29) is 13.2 Å². The molecule has 2 N–H and O–H groups in total. The Kier molecular flexibility index (Phi) is 6.51. The minimum Gasteiger partial charge on any atom is -0.497 e. The number of amides is 1. The number of alkyl carbamates (subject to hydrolysis) is 1. The van der Waals surface area contributed by atoms with Crippen molar-refractivity contribution >= 4 is 6.09 Å². The number of hydrogen-bond acceptors (Lipinski definition) is 7. The molecule has 0 aliphatic heterocycles. The topological polar surface area (TPSA) is 111 Å². The number of tetrazole rings is 1. The Morgan fingerprint density at radius 2 is 2.00 bits per heavy atom. The van der Waals surface area contributed by atoms with Crippen molar-refractivity contribution in [2.24, 2.45) is 0 Å². The van der Waals surface area contributed by atoms with Gasteiger partial charge in [0, 0.05) is 6.42 Å². The van der Waals surface area contributed by atoms with E-state index in [0.29, 0.717) is 12.2 Å². The van der Waals surface area contributed by atoms with Gasteiger partial charge in [0.25, 0.3) is 0 Å². The SMILES string of the molecule is COc1ccc(C[C@H](NC(=O)OC(C)(C)C)c2nnn(CCO)n2)cc1. The van der Waals surface area contributed by atoms with Gasteiger partial charge in [-0.05, 0) is 43.7 Å². The van der Waals surface area contributed by atoms with Crippen LogP contribution in [-0.4, -0.2) is 50.7 Å². The Morgan fingerprint density at radius 3 is 2.58 bits per heavy atom. The van der Waals surface area contributed by atoms with Crippen LogP contribution in [0.3, 0.4) is 0 Å². The molecule has 0 bridgehead atoms. The van der Waals surface area contributed by atoms with E-state index >= 15 is 0 Å². The van der Waals surface area contributed by atoms with Crippen LogP contribution in [0.25, 0.3) is 0 Å². The van der Waals surface area contributed by atoms with E-state index in [2.05, 4.69) is 20.7 Å². The molecule has 9 heteroatoms. The molecule has 1 atom stereocenters. The third-order valence-electron chi connectivity index (χ3n) is 3.37. The number of hydrogen-bond donors (Lipinski definition) is 2. The number of nitrogens with zero attached hydrogens (tertiary/aromatic N) is 4. The molecule has 0 spiro atoms. The largest absolute Gasteiger partial charge is 0.497 e. The predicted octanol–water partition coefficient (Wildman–Crippen LogP) is 1.48. The molecule has 9 nitrogen and oxygen atoms in total. The second kappa shape index (κ2) is 8.61. The maximum Gasteiger partial charge on any atom is 0.408 e. The summed E-state index contributed by atoms with van der Waals surface area (Å²) in [6.07, 6.45) is -0.108. The van der Waals surface area contributed by atoms with E-state index in [9.17, 15) is 4.79 Å². The Labute approximate surface area is 152 Å². The van der Waals surface area contributed by atoms with E-state index in [4.69, 9.17) is 14.6 Å². The van der Waals surface area contributed by atoms with Crippen molar-refractivity contribution in [3.8, 4) is 5.75 Å². The lowest BCUT2D eigenvalue weighted by Gasteiger charge is -2.22. The van der Waals surface area contributed by atoms with Gasteiger partial charge in [-0.15, -0.1) is 10.2 Å². The number of aromatic nitrogens is 4. The lowest BCUT2D eigenvalue weighted by Crippen LogP contribution is -2.36. The average Bonchev–Trinajstić information content (AvgIpc) is 3.02. The highest BCUT2D eigenvalue weighted by Crippen LogP contribution is 2.19. The normalized spacial score (nSPS) is 12.5. The summed E-state index contributed by atoms with van der Waals surface area (Å²) in [4.78, 5) is 13.5. The monoisotopic (exact) mass is 363 g/mol. The van der Waals surface area contributed by atoms with Crippen molar-refractivity contribution in [3.63, 3.8) is 0 Å². The second-order valence-electron chi connectivity index (χ2n) is 6.72. The van der Waals surface area contributed by atoms with Crippen molar-refractivity contribution in [1.29, 1.82) is 0 Å². The molecule has 1 aromatic heterocycles. The zero-order valence-electron chi connectivity index (χ0n) is 15.5. The van der Waals surface area contributed by atoms with Gasteiger partial charge < -0.3 is 19.9 Å². The third kappa shape index (κ3) is 5.99. The van der Waals surface area contributed by atoms with Crippen LogP contribution in [-0.2, 0) is 17.7 Å². The molecular weight excluding hydrogens is 338 g/mol. The molecule has 142 valence electrons. The minimum atomic E-state index is -0.614. The lowest BCUT2D eigenvalue weighted by molar-refractivity contribution is 0.0501. The number of benzene rings is 1. The number of ether oxygens (including phenoxy) is 2. The first-order chi connectivity index (χ1) is 12.3. The van der Waals surface area contributed by atoms with Crippen LogP contribution >= 0.6 is 0 Å². The maximum absolute atomic E-state index is 12.2. The van der Waals surface area contributed by atoms with Crippen LogP contribution in [0.2, 0.25) is 0 Å². The predicted molar refractivity (Wildman–Crippen MR) is 93.7 cm³/mol. The number of carbonyl (C=O) groups excluding carboxylic acids is 1. The number of aliphatic hydroxyl groups is 1. The van der Waals surface area contributed by atoms with E-state index in [1.165, 1.54) is 4.80 Å². The van der Waals surface area contributed by atoms with Crippen LogP contribution in [0, 0.1) is 0 Å². The molecule has 0 fully saturated rings. The first kappa shape index (κ1) is 19.6. The summed E-state index contributed by atoms with van der Waals surface area (Å²) in [6.45, 7) is 5.51. The molecule has 1 aromatic carbocycles. The zero-order valence-corrected chi connectivity index (χ0v) is 15.5. The maximum atomic E-state index is 12.2. The fraction of sp³-hybridized carbons (Fsp3) is 0.529. The minimum absolute atomic E-state index is 0.0988. The number of carbonyl (C=O) groups is 1. The summed E-state index contributed by atoms with van der Waals surface area (Å²) in [7, 11) is 1.60. The van der Waals surface area contributed by atoms with Gasteiger partial charge >= 0.3 is 6.09 Å². The van der Waals surface area contributed by atoms with Gasteiger partial charge in [0.05, 0.1) is 20.3 Å². The molecule has 0 aliphatic rings. The Bertz CT molecular complexity index is 709. The van der Waals surface area contributed by atoms with E-state index in [0.717, 1.165) is 11.3 Å². The first-order valence-electron chi connectivity index (χ1n) is 8.31. The molecule has 0 saturated heterocycles. The Hall–Kier alpha value is -2.68. The molecule has 2 aromatic rings. The summed E-state index contributed by atoms with van der Waals surface area (Å²) < 4.78 is 10.5. The Balaban J connectivity index is 2.17. The van der Waals surface area contributed by atoms with E-state index in [1.807, 2.05) is 24.3 Å². The number of methoxy groups -OCH3 is 1. The molecule has 1 amide bonds. The second-order valence-corrected chi connectivity index (χ2v) is 6.72. The summed E-state index contributed by atoms with van der Waals surface area (Å²) in [5.41, 5.74) is 0.349. The average molecular weight is 363 g/mol. The number of rotatable bonds is 7. The third-order valence-corrected chi connectivity index (χ3v) is 3.37. The molecular formula is C17H25N5O4. The molecule has 0 aliphatic carbocycles. The van der Waals surface area contributed by atoms with Crippen molar-refractivity contribution in [2.75, 3.05) is 13.7 Å². The number of nitrogens with one attached hydrogen (secondary N) is 1. The van der Waals surface area contributed by atoms with Gasteiger partial charge in [0.15, 0.2) is 5.82 Å². The molecule has 0 saturated carbocycles. The van der Waals surface area contributed by atoms with Gasteiger partial charge in [-0.2, -0.15) is 4.80 Å². The van der Waals surface area contributed by atoms with Gasteiger partial charge in [0.2, 0.25) is 0 Å². The van der Waals surface area contributed by atoms with E-state index in [1.54, 1.807) is 27.9 Å². The fourth-order valence-electron chi connectivity index (χ4n) is 2.23. The fourth-order valence-corrected chi connectivity index (χ4v) is 2.23. The van der Waals surface area contributed by atoms with Crippen LogP contribution in [0.4, 0.5) is 4.79 Å². The summed E-state index contributed by atoms with van der Waals surface area (Å²) in [5.74, 6) is 1.09. The number of aliphatic hydroxyl groups excluding tert-OH is 1. The zero-order chi connectivity index (χ0) is 19.2. The summed E-state index contributed by atoms with van der Waals surface area (Å²) in [5, 5.41) is 23.9. The van der Waals surface area contributed by atoms with Crippen molar-refractivity contribution in [1.82, 2.24) is 25.5 Å². The Morgan fingerprint density at radius 1 is 1.31 bits per heavy atom. The van der Waals surface area contributed by atoms with Gasteiger partial charge in [-0.1, -0.05) is 12.1 Å². The van der Waals surface area contributed by atoms with Gasteiger partial charge in [0.1, 0.15) is 17.4 Å². The highest BCUT2D eigenvalue weighted by atomic mass is 16.6. The van der Waals surface area contributed by atoms with Crippen LogP contribution in [0.1, 0.15) is 38.2 Å². The van der Waals surface area contributed by atoms with Crippen molar-refractivity contribution in [2.45, 2.75) is 45.4 Å². The van der Waals surface area contributed by atoms with Gasteiger partial charge in [-0.3, -0.25) is 0 Å². The van der Waals surface area contributed by atoms with Crippen LogP contribution in [0.5, 0.6) is 5.75 Å². The van der Waals surface area contributed by atoms with Crippen molar-refractivity contribution < 1.29 is 19.4 Å². The summed E-state index contributed by atoms with van der Waals surface area (Å²) in [6, 6.07) is 6.97. The highest BCUT2D eigenvalue weighted by molar-refractivity contribution is 5.68. The van der Waals surface area contributed by atoms with Crippen LogP contribution < -0.4 is 10.1 Å². The molecule has 0 radical (unpaired) electrons. The van der Waals surface area contributed by atoms with E-state index < -0.39 is 17.7 Å². The molecule has 26 heavy (non-hydrogen) atoms. The molecule has 1 heterocycles. The highest BCUT2D eigenvalue weighted by Gasteiger charge is 2.24. The van der Waals surface area contributed by atoms with Crippen molar-refractivity contribution in [3.05, 3.63) is 35.7 Å². The molecule has 2 rings (SSSR count). The smallest absolute Gasteiger partial charge is 0.408 e. The van der Waals surface area contributed by atoms with Gasteiger partial charge in [-0.25, -0.2) is 4.79 Å². The summed E-state index contributed by atoms with van der Waals surface area (Å²) >= 11 is 0. The van der Waals surface area contributed by atoms with Crippen LogP contribution in [0.15, 0.2) is 24.3 Å². The molecule has 0 unspecified atom stereocenters.